The maximum absolute atomic E-state index is 10.0. The first-order valence-corrected chi connectivity index (χ1v) is 8.10. The molecule has 2 N–H and O–H groups in total. The number of aliphatic imine (C=N–C) groups is 1. The standard InChI is InChI=1S/C19H22N4O2/c1-16(2,3)13-8-6-12(7-9-13)14-17(10-20)15(22)23-19(24-4,25-5)18(14,17)11-21/h6-9,14H,1-5H3,(H2,22,23). The topological polar surface area (TPSA) is 104 Å². The van der Waals surface area contributed by atoms with E-state index in [1.807, 2.05) is 24.3 Å². The third kappa shape index (κ3) is 1.76. The number of ether oxygens (including phenoxy) is 2. The van der Waals surface area contributed by atoms with Crippen LogP contribution in [0.1, 0.15) is 37.8 Å². The van der Waals surface area contributed by atoms with Gasteiger partial charge < -0.3 is 15.2 Å². The van der Waals surface area contributed by atoms with Crippen LogP contribution in [0.3, 0.4) is 0 Å². The first-order valence-electron chi connectivity index (χ1n) is 8.10. The van der Waals surface area contributed by atoms with Crippen LogP contribution in [0, 0.1) is 33.5 Å². The summed E-state index contributed by atoms with van der Waals surface area (Å²) in [5.41, 5.74) is 5.60. The maximum atomic E-state index is 10.0. The number of rotatable bonds is 3. The molecule has 1 heterocycles. The first-order chi connectivity index (χ1) is 11.7. The molecule has 0 radical (unpaired) electrons. The van der Waals surface area contributed by atoms with Crippen molar-refractivity contribution in [2.45, 2.75) is 38.0 Å². The Morgan fingerprint density at radius 2 is 1.64 bits per heavy atom. The minimum atomic E-state index is -1.57. The lowest BCUT2D eigenvalue weighted by Gasteiger charge is -2.29. The van der Waals surface area contributed by atoms with Crippen molar-refractivity contribution < 1.29 is 9.47 Å². The lowest BCUT2D eigenvalue weighted by Crippen LogP contribution is -2.41. The van der Waals surface area contributed by atoms with Crippen molar-refractivity contribution in [2.75, 3.05) is 14.2 Å². The highest BCUT2D eigenvalue weighted by atomic mass is 16.7. The Morgan fingerprint density at radius 3 is 2.04 bits per heavy atom. The molecular weight excluding hydrogens is 316 g/mol. The van der Waals surface area contributed by atoms with Crippen molar-refractivity contribution in [3.63, 3.8) is 0 Å². The quantitative estimate of drug-likeness (QED) is 0.852. The van der Waals surface area contributed by atoms with E-state index in [1.54, 1.807) is 0 Å². The molecule has 1 saturated carbocycles. The van der Waals surface area contributed by atoms with Gasteiger partial charge in [-0.25, -0.2) is 4.99 Å². The third-order valence-electron chi connectivity index (χ3n) is 5.59. The molecule has 0 amide bonds. The van der Waals surface area contributed by atoms with Gasteiger partial charge in [0, 0.05) is 20.1 Å². The van der Waals surface area contributed by atoms with Crippen molar-refractivity contribution in [3.05, 3.63) is 35.4 Å². The highest BCUT2D eigenvalue weighted by Gasteiger charge is 2.93. The van der Waals surface area contributed by atoms with E-state index >= 15 is 0 Å². The van der Waals surface area contributed by atoms with Crippen molar-refractivity contribution in [3.8, 4) is 12.1 Å². The van der Waals surface area contributed by atoms with Gasteiger partial charge in [-0.05, 0) is 16.5 Å². The zero-order valence-electron chi connectivity index (χ0n) is 15.1. The van der Waals surface area contributed by atoms with Gasteiger partial charge in [0.05, 0.1) is 12.1 Å². The number of benzene rings is 1. The second-order valence-electron chi connectivity index (χ2n) is 7.63. The van der Waals surface area contributed by atoms with Crippen LogP contribution >= 0.6 is 0 Å². The number of nitriles is 2. The summed E-state index contributed by atoms with van der Waals surface area (Å²) in [7, 11) is 2.82. The van der Waals surface area contributed by atoms with Gasteiger partial charge in [0.2, 0.25) is 0 Å². The van der Waals surface area contributed by atoms with Crippen molar-refractivity contribution in [1.29, 1.82) is 10.5 Å². The van der Waals surface area contributed by atoms with Gasteiger partial charge >= 0.3 is 0 Å². The van der Waals surface area contributed by atoms with Crippen LogP contribution in [0.4, 0.5) is 0 Å². The molecule has 1 fully saturated rings. The average molecular weight is 338 g/mol. The van der Waals surface area contributed by atoms with E-state index in [1.165, 1.54) is 19.8 Å². The lowest BCUT2D eigenvalue weighted by molar-refractivity contribution is -0.230. The Kier molecular flexibility index (Phi) is 3.51. The van der Waals surface area contributed by atoms with E-state index < -0.39 is 22.7 Å². The number of amidine groups is 1. The molecule has 6 heteroatoms. The monoisotopic (exact) mass is 338 g/mol. The van der Waals surface area contributed by atoms with Gasteiger partial charge in [-0.1, -0.05) is 45.0 Å². The molecule has 2 aliphatic rings. The fourth-order valence-electron chi connectivity index (χ4n) is 4.20. The number of hydrogen-bond acceptors (Lipinski definition) is 6. The van der Waals surface area contributed by atoms with E-state index in [2.05, 4.69) is 37.9 Å². The van der Waals surface area contributed by atoms with Gasteiger partial charge in [-0.2, -0.15) is 10.5 Å². The van der Waals surface area contributed by atoms with E-state index in [0.29, 0.717) is 0 Å². The number of methoxy groups -OCH3 is 2. The second kappa shape index (κ2) is 5.05. The molecule has 0 bridgehead atoms. The van der Waals surface area contributed by atoms with Gasteiger partial charge in [-0.15, -0.1) is 0 Å². The molecule has 1 aliphatic carbocycles. The molecule has 3 atom stereocenters. The maximum Gasteiger partial charge on any atom is 0.292 e. The van der Waals surface area contributed by atoms with Gasteiger partial charge in [0.25, 0.3) is 5.91 Å². The number of fused-ring (bicyclic) bond motifs is 1. The highest BCUT2D eigenvalue weighted by Crippen LogP contribution is 2.81. The molecule has 0 aromatic heterocycles. The molecular formula is C19H22N4O2. The van der Waals surface area contributed by atoms with E-state index in [-0.39, 0.29) is 11.3 Å². The minimum Gasteiger partial charge on any atom is -0.386 e. The Labute approximate surface area is 147 Å². The third-order valence-corrected chi connectivity index (χ3v) is 5.59. The molecule has 6 nitrogen and oxygen atoms in total. The van der Waals surface area contributed by atoms with Crippen molar-refractivity contribution in [2.24, 2.45) is 21.6 Å². The number of hydrogen-bond donors (Lipinski definition) is 1. The molecule has 0 spiro atoms. The van der Waals surface area contributed by atoms with Crippen molar-refractivity contribution in [1.82, 2.24) is 0 Å². The fraction of sp³-hybridized carbons (Fsp3) is 0.526. The summed E-state index contributed by atoms with van der Waals surface area (Å²) in [5, 5.41) is 19.9. The minimum absolute atomic E-state index is 0.0150. The van der Waals surface area contributed by atoms with Gasteiger partial charge in [-0.3, -0.25) is 0 Å². The SMILES string of the molecule is COC1(OC)N=C(N)C2(C#N)C(c3ccc(C(C)(C)C)cc3)C12C#N. The first kappa shape index (κ1) is 17.4. The van der Waals surface area contributed by atoms with Crippen LogP contribution in [0.15, 0.2) is 29.3 Å². The zero-order chi connectivity index (χ0) is 18.7. The molecule has 0 saturated heterocycles. The van der Waals surface area contributed by atoms with E-state index in [4.69, 9.17) is 15.2 Å². The summed E-state index contributed by atoms with van der Waals surface area (Å²) in [6.07, 6.45) is 0. The largest absolute Gasteiger partial charge is 0.386 e. The zero-order valence-corrected chi connectivity index (χ0v) is 15.1. The van der Waals surface area contributed by atoms with Crippen molar-refractivity contribution >= 4 is 5.84 Å². The smallest absolute Gasteiger partial charge is 0.292 e. The Bertz CT molecular complexity index is 821. The summed E-state index contributed by atoms with van der Waals surface area (Å²) in [6, 6.07) is 12.4. The Hall–Kier alpha value is -2.41. The Balaban J connectivity index is 2.15. The van der Waals surface area contributed by atoms with Crippen LogP contribution in [0.25, 0.3) is 0 Å². The van der Waals surface area contributed by atoms with Crippen LogP contribution < -0.4 is 5.73 Å². The van der Waals surface area contributed by atoms with Crippen LogP contribution in [0.2, 0.25) is 0 Å². The molecule has 3 rings (SSSR count). The van der Waals surface area contributed by atoms with Gasteiger partial charge in [0.1, 0.15) is 11.3 Å². The normalized spacial score (nSPS) is 32.3. The fourth-order valence-corrected chi connectivity index (χ4v) is 4.20. The van der Waals surface area contributed by atoms with E-state index in [0.717, 1.165) is 5.56 Å². The Morgan fingerprint density at radius 1 is 1.08 bits per heavy atom. The lowest BCUT2D eigenvalue weighted by atomic mass is 9.86. The molecule has 1 aromatic carbocycles. The predicted octanol–water partition coefficient (Wildman–Crippen LogP) is 2.42. The summed E-state index contributed by atoms with van der Waals surface area (Å²) in [6.45, 7) is 6.40. The highest BCUT2D eigenvalue weighted by molar-refractivity contribution is 6.00. The van der Waals surface area contributed by atoms with Crippen LogP contribution in [0.5, 0.6) is 0 Å². The molecule has 25 heavy (non-hydrogen) atoms. The molecule has 1 aromatic rings. The number of nitrogens with zero attached hydrogens (tertiary/aromatic N) is 3. The average Bonchev–Trinajstić information content (AvgIpc) is 3.17. The second-order valence-corrected chi connectivity index (χ2v) is 7.63. The summed E-state index contributed by atoms with van der Waals surface area (Å²) in [4.78, 5) is 4.21. The number of nitrogens with two attached hydrogens (primary N) is 1. The predicted molar refractivity (Wildman–Crippen MR) is 92.3 cm³/mol. The molecule has 1 aliphatic heterocycles. The summed E-state index contributed by atoms with van der Waals surface area (Å²) < 4.78 is 10.9. The molecule has 3 unspecified atom stereocenters. The van der Waals surface area contributed by atoms with Crippen LogP contribution in [-0.2, 0) is 14.9 Å². The molecule has 130 valence electrons. The van der Waals surface area contributed by atoms with Crippen LogP contribution in [-0.4, -0.2) is 26.0 Å². The summed E-state index contributed by atoms with van der Waals surface area (Å²) >= 11 is 0. The summed E-state index contributed by atoms with van der Waals surface area (Å²) in [5.74, 6) is -1.94. The van der Waals surface area contributed by atoms with Gasteiger partial charge in [0.15, 0.2) is 5.41 Å². The van der Waals surface area contributed by atoms with E-state index in [9.17, 15) is 10.5 Å².